The van der Waals surface area contributed by atoms with Gasteiger partial charge in [-0.3, -0.25) is 14.5 Å². The largest absolute Gasteiger partial charge is 0.468 e. The third-order valence-corrected chi connectivity index (χ3v) is 6.62. The van der Waals surface area contributed by atoms with Crippen LogP contribution in [0.15, 0.2) is 35.4 Å². The number of amides is 1. The Balaban J connectivity index is 1.64. The van der Waals surface area contributed by atoms with Gasteiger partial charge in [0.1, 0.15) is 0 Å². The minimum Gasteiger partial charge on any atom is -0.468 e. The Bertz CT molecular complexity index is 751. The Morgan fingerprint density at radius 3 is 2.53 bits per heavy atom. The van der Waals surface area contributed by atoms with E-state index in [4.69, 9.17) is 4.74 Å². The second-order valence-electron chi connectivity index (χ2n) is 8.77. The van der Waals surface area contributed by atoms with Crippen molar-refractivity contribution in [2.75, 3.05) is 39.8 Å². The fourth-order valence-corrected chi connectivity index (χ4v) is 4.43. The van der Waals surface area contributed by atoms with Gasteiger partial charge in [-0.15, -0.1) is 0 Å². The quantitative estimate of drug-likeness (QED) is 0.550. The summed E-state index contributed by atoms with van der Waals surface area (Å²) in [6.45, 7) is 10.3. The summed E-state index contributed by atoms with van der Waals surface area (Å²) >= 11 is 0. The molecule has 6 heteroatoms. The van der Waals surface area contributed by atoms with Gasteiger partial charge in [-0.25, -0.2) is 0 Å². The van der Waals surface area contributed by atoms with Crippen molar-refractivity contribution in [1.29, 1.82) is 0 Å². The van der Waals surface area contributed by atoms with E-state index in [0.29, 0.717) is 18.6 Å². The number of allylic oxidation sites excluding steroid dienone is 1. The van der Waals surface area contributed by atoms with Crippen molar-refractivity contribution in [3.05, 3.63) is 46.5 Å². The molecule has 0 spiro atoms. The monoisotopic (exact) mass is 413 g/mol. The van der Waals surface area contributed by atoms with Crippen LogP contribution in [0.4, 0.5) is 0 Å². The first kappa shape index (κ1) is 22.5. The molecule has 1 saturated heterocycles. The van der Waals surface area contributed by atoms with Gasteiger partial charge in [0.15, 0.2) is 0 Å². The zero-order valence-electron chi connectivity index (χ0n) is 18.5. The van der Waals surface area contributed by atoms with Crippen LogP contribution in [-0.4, -0.2) is 68.1 Å². The molecule has 6 nitrogen and oxygen atoms in total. The van der Waals surface area contributed by atoms with Gasteiger partial charge in [-0.05, 0) is 57.9 Å². The lowest BCUT2D eigenvalue weighted by molar-refractivity contribution is -0.130. The smallest absolute Gasteiger partial charge is 0.293 e. The lowest BCUT2D eigenvalue weighted by Crippen LogP contribution is -2.43. The maximum atomic E-state index is 13.0. The van der Waals surface area contributed by atoms with Crippen LogP contribution in [0.5, 0.6) is 0 Å². The number of hydrogen-bond donors (Lipinski definition) is 1. The molecule has 1 aliphatic heterocycles. The van der Waals surface area contributed by atoms with Crippen molar-refractivity contribution < 1.29 is 14.3 Å². The zero-order chi connectivity index (χ0) is 21.5. The lowest BCUT2D eigenvalue weighted by atomic mass is 9.91. The van der Waals surface area contributed by atoms with Crippen molar-refractivity contribution in [2.45, 2.75) is 45.7 Å². The molecule has 164 valence electrons. The number of rotatable bonds is 7. The molecule has 0 aromatic heterocycles. The molecule has 1 N–H and O–H groups in total. The maximum absolute atomic E-state index is 13.0. The normalized spacial score (nSPS) is 23.7. The highest BCUT2D eigenvalue weighted by molar-refractivity contribution is 5.94. The molecule has 0 saturated carbocycles. The van der Waals surface area contributed by atoms with E-state index in [2.05, 4.69) is 48.1 Å². The summed E-state index contributed by atoms with van der Waals surface area (Å²) in [6, 6.07) is 7.84. The molecule has 1 amide bonds. The summed E-state index contributed by atoms with van der Waals surface area (Å²) in [6.07, 6.45) is 3.00. The van der Waals surface area contributed by atoms with Gasteiger partial charge in [-0.1, -0.05) is 23.3 Å². The van der Waals surface area contributed by atoms with Crippen LogP contribution >= 0.6 is 0 Å². The SMILES string of the molecule is CC1=C(C)[C@@H](NC(=O)c2ccc(CN3CCN(C)CC3)cc2)C(COC=O)CCC1. The van der Waals surface area contributed by atoms with E-state index in [0.717, 1.165) is 52.0 Å². The van der Waals surface area contributed by atoms with Crippen molar-refractivity contribution >= 4 is 12.4 Å². The van der Waals surface area contributed by atoms with Crippen LogP contribution in [-0.2, 0) is 16.1 Å². The summed E-state index contributed by atoms with van der Waals surface area (Å²) in [4.78, 5) is 28.5. The fraction of sp³-hybridized carbons (Fsp3) is 0.583. The molecule has 30 heavy (non-hydrogen) atoms. The Morgan fingerprint density at radius 1 is 1.17 bits per heavy atom. The summed E-state index contributed by atoms with van der Waals surface area (Å²) < 4.78 is 5.06. The van der Waals surface area contributed by atoms with Gasteiger partial charge in [-0.2, -0.15) is 0 Å². The number of benzene rings is 1. The molecule has 1 aliphatic carbocycles. The molecule has 2 atom stereocenters. The third kappa shape index (κ3) is 5.92. The van der Waals surface area contributed by atoms with Crippen LogP contribution in [0.1, 0.15) is 49.0 Å². The van der Waals surface area contributed by atoms with Gasteiger partial charge in [0.25, 0.3) is 12.4 Å². The molecule has 1 aromatic rings. The molecule has 2 aliphatic rings. The molecular formula is C24H35N3O3. The molecular weight excluding hydrogens is 378 g/mol. The number of ether oxygens (including phenoxy) is 1. The molecule has 1 fully saturated rings. The van der Waals surface area contributed by atoms with Gasteiger partial charge >= 0.3 is 0 Å². The Labute approximate surface area is 180 Å². The molecule has 1 unspecified atom stereocenters. The van der Waals surface area contributed by atoms with Gasteiger partial charge in [0, 0.05) is 44.2 Å². The lowest BCUT2D eigenvalue weighted by Gasteiger charge is -2.32. The predicted molar refractivity (Wildman–Crippen MR) is 118 cm³/mol. The molecule has 1 heterocycles. The number of carbonyl (C=O) groups excluding carboxylic acids is 2. The number of likely N-dealkylation sites (N-methyl/N-ethyl adjacent to an activating group) is 1. The first-order chi connectivity index (χ1) is 14.5. The minimum absolute atomic E-state index is 0.0729. The zero-order valence-corrected chi connectivity index (χ0v) is 18.5. The third-order valence-electron chi connectivity index (χ3n) is 6.62. The second kappa shape index (κ2) is 10.7. The molecule has 0 radical (unpaired) electrons. The minimum atomic E-state index is -0.107. The van der Waals surface area contributed by atoms with Gasteiger partial charge < -0.3 is 15.0 Å². The van der Waals surface area contributed by atoms with Crippen LogP contribution in [0.3, 0.4) is 0 Å². The highest BCUT2D eigenvalue weighted by Crippen LogP contribution is 2.28. The number of hydrogen-bond acceptors (Lipinski definition) is 5. The summed E-state index contributed by atoms with van der Waals surface area (Å²) in [5, 5.41) is 3.21. The van der Waals surface area contributed by atoms with Crippen LogP contribution in [0, 0.1) is 5.92 Å². The fourth-order valence-electron chi connectivity index (χ4n) is 4.43. The second-order valence-corrected chi connectivity index (χ2v) is 8.77. The standard InChI is InChI=1S/C24H35N3O3/c1-18-5-4-6-22(16-30-17-28)23(19(18)2)25-24(29)21-9-7-20(8-10-21)15-27-13-11-26(3)12-14-27/h7-10,17,22-23H,4-6,11-16H2,1-3H3,(H,25,29)/t22?,23-/m1/s1. The number of carbonyl (C=O) groups is 2. The predicted octanol–water partition coefficient (Wildman–Crippen LogP) is 2.84. The summed E-state index contributed by atoms with van der Waals surface area (Å²) in [7, 11) is 2.16. The first-order valence-corrected chi connectivity index (χ1v) is 11.0. The van der Waals surface area contributed by atoms with Crippen molar-refractivity contribution in [3.63, 3.8) is 0 Å². The molecule has 1 aromatic carbocycles. The van der Waals surface area contributed by atoms with E-state index in [9.17, 15) is 9.59 Å². The van der Waals surface area contributed by atoms with E-state index in [-0.39, 0.29) is 17.9 Å². The van der Waals surface area contributed by atoms with E-state index in [1.165, 1.54) is 16.7 Å². The molecule has 3 rings (SSSR count). The van der Waals surface area contributed by atoms with Gasteiger partial charge in [0.2, 0.25) is 0 Å². The number of nitrogens with zero attached hydrogens (tertiary/aromatic N) is 2. The van der Waals surface area contributed by atoms with Crippen LogP contribution in [0.2, 0.25) is 0 Å². The summed E-state index contributed by atoms with van der Waals surface area (Å²) in [5.41, 5.74) is 4.40. The van der Waals surface area contributed by atoms with E-state index >= 15 is 0 Å². The highest BCUT2D eigenvalue weighted by atomic mass is 16.5. The van der Waals surface area contributed by atoms with Crippen molar-refractivity contribution in [2.24, 2.45) is 5.92 Å². The van der Waals surface area contributed by atoms with E-state index < -0.39 is 0 Å². The molecule has 0 bridgehead atoms. The topological polar surface area (TPSA) is 61.9 Å². The Kier molecular flexibility index (Phi) is 8.05. The average molecular weight is 414 g/mol. The Hall–Kier alpha value is -2.18. The van der Waals surface area contributed by atoms with E-state index in [1.54, 1.807) is 0 Å². The number of nitrogens with one attached hydrogen (secondary N) is 1. The maximum Gasteiger partial charge on any atom is 0.293 e. The average Bonchev–Trinajstić information content (AvgIpc) is 2.88. The number of piperazine rings is 1. The van der Waals surface area contributed by atoms with Crippen molar-refractivity contribution in [3.8, 4) is 0 Å². The Morgan fingerprint density at radius 2 is 1.87 bits per heavy atom. The highest BCUT2D eigenvalue weighted by Gasteiger charge is 2.29. The van der Waals surface area contributed by atoms with Crippen molar-refractivity contribution in [1.82, 2.24) is 15.1 Å². The van der Waals surface area contributed by atoms with Crippen LogP contribution in [0.25, 0.3) is 0 Å². The van der Waals surface area contributed by atoms with Gasteiger partial charge in [0.05, 0.1) is 12.6 Å². The summed E-state index contributed by atoms with van der Waals surface area (Å²) in [5.74, 6) is 0.0319. The van der Waals surface area contributed by atoms with Crippen LogP contribution < -0.4 is 5.32 Å². The first-order valence-electron chi connectivity index (χ1n) is 11.0. The van der Waals surface area contributed by atoms with E-state index in [1.807, 2.05) is 12.1 Å².